The van der Waals surface area contributed by atoms with E-state index >= 15 is 0 Å². The molecule has 0 saturated carbocycles. The van der Waals surface area contributed by atoms with E-state index in [4.69, 9.17) is 4.74 Å². The van der Waals surface area contributed by atoms with Crippen molar-refractivity contribution in [2.75, 3.05) is 39.4 Å². The quantitative estimate of drug-likeness (QED) is 0.259. The van der Waals surface area contributed by atoms with E-state index in [1.807, 2.05) is 11.0 Å². The Morgan fingerprint density at radius 3 is 2.41 bits per heavy atom. The number of aromatic nitrogens is 1. The number of H-pyrrole nitrogens is 1. The number of benzene rings is 2. The molecule has 0 aliphatic rings. The molecule has 2 N–H and O–H groups in total. The lowest BCUT2D eigenvalue weighted by Crippen LogP contribution is -2.44. The zero-order valence-corrected chi connectivity index (χ0v) is 24.9. The van der Waals surface area contributed by atoms with E-state index in [2.05, 4.69) is 100 Å². The normalized spacial score (nSPS) is 12.9. The van der Waals surface area contributed by atoms with Gasteiger partial charge in [0.15, 0.2) is 0 Å². The molecule has 0 aliphatic heterocycles. The van der Waals surface area contributed by atoms with E-state index in [0.29, 0.717) is 32.2 Å². The van der Waals surface area contributed by atoms with Crippen LogP contribution in [0, 0.1) is 5.92 Å². The Hall–Kier alpha value is -2.67. The van der Waals surface area contributed by atoms with E-state index in [1.54, 1.807) is 0 Å². The Kier molecular flexibility index (Phi) is 11.6. The highest BCUT2D eigenvalue weighted by atomic mass is 16.5. The van der Waals surface area contributed by atoms with Crippen molar-refractivity contribution in [1.82, 2.24) is 14.8 Å². The third-order valence-corrected chi connectivity index (χ3v) is 7.00. The number of para-hydroxylation sites is 1. The van der Waals surface area contributed by atoms with Gasteiger partial charge in [0.25, 0.3) is 0 Å². The Bertz CT molecular complexity index is 1150. The van der Waals surface area contributed by atoms with E-state index in [0.717, 1.165) is 30.5 Å². The summed E-state index contributed by atoms with van der Waals surface area (Å²) in [6.07, 6.45) is 3.13. The number of hydrogen-bond donors (Lipinski definition) is 2. The smallest absolute Gasteiger partial charge is 0.237 e. The molecule has 6 nitrogen and oxygen atoms in total. The molecule has 0 saturated heterocycles. The molecule has 1 amide bonds. The lowest BCUT2D eigenvalue weighted by atomic mass is 9.87. The number of carbonyl (C=O) groups excluding carboxylic acids is 1. The van der Waals surface area contributed by atoms with E-state index in [9.17, 15) is 9.90 Å². The summed E-state index contributed by atoms with van der Waals surface area (Å²) in [6.45, 7) is 16.5. The average molecular weight is 536 g/mol. The molecule has 0 fully saturated rings. The first-order chi connectivity index (χ1) is 18.6. The van der Waals surface area contributed by atoms with Crippen LogP contribution in [0.4, 0.5) is 0 Å². The standard InChI is InChI=1S/C33H49N3O3/c1-7-17-35(21-29(37)24-39-23-25(2)3)22-32(38)36(20-26-12-14-28(15-13-26)33(4,5)6)18-16-27-19-34-31-11-9-8-10-30(27)31/h8-15,19,25,29,34,37H,7,16-18,20-24H2,1-6H3. The summed E-state index contributed by atoms with van der Waals surface area (Å²) in [6, 6.07) is 16.9. The number of amides is 1. The minimum absolute atomic E-state index is 0.0819. The van der Waals surface area contributed by atoms with E-state index in [1.165, 1.54) is 16.5 Å². The predicted molar refractivity (Wildman–Crippen MR) is 161 cm³/mol. The van der Waals surface area contributed by atoms with Crippen molar-refractivity contribution in [3.05, 3.63) is 71.4 Å². The largest absolute Gasteiger partial charge is 0.389 e. The summed E-state index contributed by atoms with van der Waals surface area (Å²) < 4.78 is 5.64. The Morgan fingerprint density at radius 1 is 1.03 bits per heavy atom. The van der Waals surface area contributed by atoms with Gasteiger partial charge >= 0.3 is 0 Å². The van der Waals surface area contributed by atoms with Crippen LogP contribution in [0.5, 0.6) is 0 Å². The summed E-state index contributed by atoms with van der Waals surface area (Å²) >= 11 is 0. The molecular formula is C33H49N3O3. The second kappa shape index (κ2) is 14.6. The number of fused-ring (bicyclic) bond motifs is 1. The fourth-order valence-corrected chi connectivity index (χ4v) is 4.85. The summed E-state index contributed by atoms with van der Waals surface area (Å²) in [5.74, 6) is 0.507. The summed E-state index contributed by atoms with van der Waals surface area (Å²) in [4.78, 5) is 21.1. The number of rotatable bonds is 15. The minimum atomic E-state index is -0.618. The molecule has 1 heterocycles. The van der Waals surface area contributed by atoms with Crippen LogP contribution in [-0.4, -0.2) is 71.3 Å². The lowest BCUT2D eigenvalue weighted by molar-refractivity contribution is -0.133. The van der Waals surface area contributed by atoms with Crippen molar-refractivity contribution in [2.24, 2.45) is 5.92 Å². The van der Waals surface area contributed by atoms with E-state index in [-0.39, 0.29) is 24.5 Å². The third-order valence-electron chi connectivity index (χ3n) is 7.00. The van der Waals surface area contributed by atoms with Crippen LogP contribution < -0.4 is 0 Å². The number of aromatic amines is 1. The average Bonchev–Trinajstić information content (AvgIpc) is 3.29. The second-order valence-electron chi connectivity index (χ2n) is 12.2. The van der Waals surface area contributed by atoms with Gasteiger partial charge in [-0.2, -0.15) is 0 Å². The van der Waals surface area contributed by atoms with Gasteiger partial charge in [-0.25, -0.2) is 0 Å². The van der Waals surface area contributed by atoms with Crippen LogP contribution >= 0.6 is 0 Å². The molecule has 214 valence electrons. The molecule has 1 unspecified atom stereocenters. The Balaban J connectivity index is 1.72. The van der Waals surface area contributed by atoms with Crippen LogP contribution in [0.1, 0.15) is 64.7 Å². The molecule has 2 aromatic carbocycles. The second-order valence-corrected chi connectivity index (χ2v) is 12.2. The van der Waals surface area contributed by atoms with E-state index < -0.39 is 6.10 Å². The highest BCUT2D eigenvalue weighted by molar-refractivity contribution is 5.83. The van der Waals surface area contributed by atoms with Crippen molar-refractivity contribution >= 4 is 16.8 Å². The number of aliphatic hydroxyl groups is 1. The maximum atomic E-state index is 13.7. The van der Waals surface area contributed by atoms with Gasteiger partial charge in [-0.1, -0.05) is 84.0 Å². The maximum Gasteiger partial charge on any atom is 0.237 e. The highest BCUT2D eigenvalue weighted by Crippen LogP contribution is 2.23. The van der Waals surface area contributed by atoms with Gasteiger partial charge in [0, 0.05) is 43.3 Å². The first-order valence-corrected chi connectivity index (χ1v) is 14.5. The van der Waals surface area contributed by atoms with Gasteiger partial charge in [0.05, 0.1) is 19.3 Å². The topological polar surface area (TPSA) is 68.8 Å². The van der Waals surface area contributed by atoms with Crippen molar-refractivity contribution < 1.29 is 14.6 Å². The third kappa shape index (κ3) is 9.79. The molecule has 0 bridgehead atoms. The van der Waals surface area contributed by atoms with Crippen molar-refractivity contribution in [2.45, 2.75) is 72.4 Å². The highest BCUT2D eigenvalue weighted by Gasteiger charge is 2.21. The fraction of sp³-hybridized carbons (Fsp3) is 0.545. The van der Waals surface area contributed by atoms with Gasteiger partial charge in [-0.3, -0.25) is 9.69 Å². The zero-order chi connectivity index (χ0) is 28.4. The van der Waals surface area contributed by atoms with Crippen molar-refractivity contribution in [3.63, 3.8) is 0 Å². The summed E-state index contributed by atoms with van der Waals surface area (Å²) in [5, 5.41) is 11.8. The lowest BCUT2D eigenvalue weighted by Gasteiger charge is -2.29. The van der Waals surface area contributed by atoms with Gasteiger partial charge in [-0.15, -0.1) is 0 Å². The summed E-state index contributed by atoms with van der Waals surface area (Å²) in [7, 11) is 0. The van der Waals surface area contributed by atoms with Crippen LogP contribution in [0.25, 0.3) is 10.9 Å². The van der Waals surface area contributed by atoms with Gasteiger partial charge in [0.2, 0.25) is 5.91 Å². The molecule has 0 spiro atoms. The number of nitrogens with zero attached hydrogens (tertiary/aromatic N) is 2. The molecule has 3 rings (SSSR count). The minimum Gasteiger partial charge on any atom is -0.389 e. The van der Waals surface area contributed by atoms with Crippen LogP contribution in [0.15, 0.2) is 54.7 Å². The van der Waals surface area contributed by atoms with Gasteiger partial charge in [-0.05, 0) is 53.5 Å². The number of aliphatic hydroxyl groups excluding tert-OH is 1. The Morgan fingerprint density at radius 2 is 1.74 bits per heavy atom. The molecule has 1 atom stereocenters. The van der Waals surface area contributed by atoms with Crippen LogP contribution in [0.3, 0.4) is 0 Å². The zero-order valence-electron chi connectivity index (χ0n) is 24.9. The predicted octanol–water partition coefficient (Wildman–Crippen LogP) is 5.78. The molecular weight excluding hydrogens is 486 g/mol. The SMILES string of the molecule is CCCN(CC(=O)N(CCc1c[nH]c2ccccc12)Cc1ccc(C(C)(C)C)cc1)CC(O)COCC(C)C. The molecule has 1 aromatic heterocycles. The number of hydrogen-bond acceptors (Lipinski definition) is 4. The molecule has 3 aromatic rings. The maximum absolute atomic E-state index is 13.7. The van der Waals surface area contributed by atoms with Crippen LogP contribution in [0.2, 0.25) is 0 Å². The monoisotopic (exact) mass is 535 g/mol. The Labute approximate surface area is 235 Å². The van der Waals surface area contributed by atoms with Gasteiger partial charge < -0.3 is 19.7 Å². The van der Waals surface area contributed by atoms with Crippen LogP contribution in [-0.2, 0) is 27.9 Å². The number of carbonyl (C=O) groups is 1. The van der Waals surface area contributed by atoms with Gasteiger partial charge in [0.1, 0.15) is 0 Å². The molecule has 0 aliphatic carbocycles. The first kappa shape index (κ1) is 30.9. The number of nitrogens with one attached hydrogen (secondary N) is 1. The van der Waals surface area contributed by atoms with Crippen molar-refractivity contribution in [3.8, 4) is 0 Å². The van der Waals surface area contributed by atoms with Crippen molar-refractivity contribution in [1.29, 1.82) is 0 Å². The summed E-state index contributed by atoms with van der Waals surface area (Å²) in [5.41, 5.74) is 4.83. The molecule has 39 heavy (non-hydrogen) atoms. The number of ether oxygens (including phenoxy) is 1. The fourth-order valence-electron chi connectivity index (χ4n) is 4.85. The first-order valence-electron chi connectivity index (χ1n) is 14.5. The molecule has 0 radical (unpaired) electrons. The molecule has 6 heteroatoms.